The lowest BCUT2D eigenvalue weighted by atomic mass is 9.68. The topological polar surface area (TPSA) is 26.3 Å². The number of hydrogen-bond acceptors (Lipinski definition) is 2. The lowest BCUT2D eigenvalue weighted by Crippen LogP contribution is -2.44. The molecule has 0 unspecified atom stereocenters. The van der Waals surface area contributed by atoms with E-state index in [0.717, 1.165) is 32.3 Å². The van der Waals surface area contributed by atoms with E-state index in [2.05, 4.69) is 44.7 Å². The highest BCUT2D eigenvalue weighted by Crippen LogP contribution is 2.47. The molecule has 1 aromatic rings. The highest BCUT2D eigenvalue weighted by molar-refractivity contribution is 5.94. The summed E-state index contributed by atoms with van der Waals surface area (Å²) < 4.78 is 6.27. The molecule has 1 saturated heterocycles. The van der Waals surface area contributed by atoms with Crippen molar-refractivity contribution in [3.05, 3.63) is 59.7 Å². The Morgan fingerprint density at radius 1 is 1.39 bits per heavy atom. The maximum absolute atomic E-state index is 12.3. The zero-order chi connectivity index (χ0) is 16.4. The van der Waals surface area contributed by atoms with Crippen molar-refractivity contribution in [3.63, 3.8) is 0 Å². The van der Waals surface area contributed by atoms with E-state index in [-0.39, 0.29) is 17.3 Å². The first-order chi connectivity index (χ1) is 11.0. The van der Waals surface area contributed by atoms with Crippen molar-refractivity contribution in [3.8, 4) is 0 Å². The van der Waals surface area contributed by atoms with Gasteiger partial charge in [0.1, 0.15) is 0 Å². The summed E-state index contributed by atoms with van der Waals surface area (Å²) in [4.78, 5) is 12.3. The SMILES string of the molecule is C=CC[C@H]1C[C@]2([C@@H](C)Cc3ccc(C)cc3)OCCC2=CC1=O. The van der Waals surface area contributed by atoms with Gasteiger partial charge in [0.25, 0.3) is 0 Å². The summed E-state index contributed by atoms with van der Waals surface area (Å²) in [7, 11) is 0. The third kappa shape index (κ3) is 3.05. The molecule has 122 valence electrons. The second-order valence-corrected chi connectivity index (χ2v) is 7.08. The number of hydrogen-bond donors (Lipinski definition) is 0. The summed E-state index contributed by atoms with van der Waals surface area (Å²) in [5.41, 5.74) is 3.57. The Kier molecular flexibility index (Phi) is 4.54. The van der Waals surface area contributed by atoms with Gasteiger partial charge in [-0.25, -0.2) is 0 Å². The lowest BCUT2D eigenvalue weighted by molar-refractivity contribution is -0.123. The van der Waals surface area contributed by atoms with Crippen LogP contribution in [0.5, 0.6) is 0 Å². The van der Waals surface area contributed by atoms with Crippen molar-refractivity contribution in [2.24, 2.45) is 11.8 Å². The first-order valence-electron chi connectivity index (χ1n) is 8.60. The van der Waals surface area contributed by atoms with E-state index < -0.39 is 0 Å². The molecule has 1 aromatic carbocycles. The van der Waals surface area contributed by atoms with Gasteiger partial charge in [-0.15, -0.1) is 6.58 Å². The predicted octanol–water partition coefficient (Wildman–Crippen LogP) is 4.42. The van der Waals surface area contributed by atoms with Crippen LogP contribution in [0, 0.1) is 18.8 Å². The van der Waals surface area contributed by atoms with E-state index in [1.807, 2.05) is 12.2 Å². The summed E-state index contributed by atoms with van der Waals surface area (Å²) in [6, 6.07) is 8.74. The third-order valence-electron chi connectivity index (χ3n) is 5.45. The number of fused-ring (bicyclic) bond motifs is 1. The predicted molar refractivity (Wildman–Crippen MR) is 93.4 cm³/mol. The first kappa shape index (κ1) is 16.2. The quantitative estimate of drug-likeness (QED) is 0.752. The van der Waals surface area contributed by atoms with Gasteiger partial charge < -0.3 is 4.74 Å². The van der Waals surface area contributed by atoms with Gasteiger partial charge in [-0.1, -0.05) is 42.8 Å². The van der Waals surface area contributed by atoms with Crippen LogP contribution >= 0.6 is 0 Å². The molecule has 0 amide bonds. The second-order valence-electron chi connectivity index (χ2n) is 7.08. The lowest BCUT2D eigenvalue weighted by Gasteiger charge is -2.41. The average molecular weight is 310 g/mol. The second kappa shape index (κ2) is 6.45. The Labute approximate surface area is 139 Å². The van der Waals surface area contributed by atoms with Gasteiger partial charge in [0.2, 0.25) is 0 Å². The standard InChI is InChI=1S/C21H26O2/c1-4-5-18-14-21(19(10-11-23-21)13-20(18)22)16(3)12-17-8-6-15(2)7-9-17/h4,6-9,13,16,18H,1,5,10-12,14H2,2-3H3/t16-,18-,21+/m0/s1. The first-order valence-corrected chi connectivity index (χ1v) is 8.60. The minimum atomic E-state index is -0.257. The molecule has 1 heterocycles. The van der Waals surface area contributed by atoms with Gasteiger partial charge in [0.15, 0.2) is 5.78 Å². The Hall–Kier alpha value is -1.67. The largest absolute Gasteiger partial charge is 0.370 e. The van der Waals surface area contributed by atoms with Crippen molar-refractivity contribution < 1.29 is 9.53 Å². The van der Waals surface area contributed by atoms with Crippen LogP contribution in [0.1, 0.15) is 37.3 Å². The summed E-state index contributed by atoms with van der Waals surface area (Å²) >= 11 is 0. The Morgan fingerprint density at radius 2 is 2.13 bits per heavy atom. The Morgan fingerprint density at radius 3 is 2.83 bits per heavy atom. The molecular weight excluding hydrogens is 284 g/mol. The molecule has 1 aliphatic carbocycles. The molecule has 2 aliphatic rings. The van der Waals surface area contributed by atoms with Crippen LogP contribution in [0.4, 0.5) is 0 Å². The fourth-order valence-corrected chi connectivity index (χ4v) is 4.09. The van der Waals surface area contributed by atoms with Gasteiger partial charge in [0.05, 0.1) is 12.2 Å². The van der Waals surface area contributed by atoms with E-state index in [0.29, 0.717) is 5.92 Å². The molecule has 3 atom stereocenters. The van der Waals surface area contributed by atoms with Gasteiger partial charge >= 0.3 is 0 Å². The van der Waals surface area contributed by atoms with Crippen LogP contribution in [0.2, 0.25) is 0 Å². The zero-order valence-corrected chi connectivity index (χ0v) is 14.2. The third-order valence-corrected chi connectivity index (χ3v) is 5.45. The minimum absolute atomic E-state index is 0.0230. The Balaban J connectivity index is 1.85. The van der Waals surface area contributed by atoms with Gasteiger partial charge in [-0.2, -0.15) is 0 Å². The molecule has 0 aromatic heterocycles. The average Bonchev–Trinajstić information content (AvgIpc) is 2.94. The van der Waals surface area contributed by atoms with Crippen molar-refractivity contribution in [2.75, 3.05) is 6.61 Å². The monoisotopic (exact) mass is 310 g/mol. The van der Waals surface area contributed by atoms with Crippen LogP contribution < -0.4 is 0 Å². The summed E-state index contributed by atoms with van der Waals surface area (Å²) in [6.45, 7) is 8.91. The number of rotatable bonds is 5. The molecule has 0 saturated carbocycles. The molecule has 0 bridgehead atoms. The number of carbonyl (C=O) groups is 1. The van der Waals surface area contributed by atoms with Crippen molar-refractivity contribution in [1.82, 2.24) is 0 Å². The van der Waals surface area contributed by atoms with Gasteiger partial charge in [-0.3, -0.25) is 4.79 Å². The van der Waals surface area contributed by atoms with Crippen LogP contribution in [-0.2, 0) is 16.0 Å². The maximum atomic E-state index is 12.3. The van der Waals surface area contributed by atoms with Crippen molar-refractivity contribution >= 4 is 5.78 Å². The van der Waals surface area contributed by atoms with Crippen LogP contribution in [0.25, 0.3) is 0 Å². The van der Waals surface area contributed by atoms with Crippen LogP contribution in [0.3, 0.4) is 0 Å². The number of carbonyl (C=O) groups excluding carboxylic acids is 1. The molecule has 0 spiro atoms. The normalized spacial score (nSPS) is 28.2. The zero-order valence-electron chi connectivity index (χ0n) is 14.2. The van der Waals surface area contributed by atoms with Crippen molar-refractivity contribution in [1.29, 1.82) is 0 Å². The minimum Gasteiger partial charge on any atom is -0.370 e. The maximum Gasteiger partial charge on any atom is 0.159 e. The van der Waals surface area contributed by atoms with Crippen LogP contribution in [-0.4, -0.2) is 18.0 Å². The molecule has 0 radical (unpaired) electrons. The smallest absolute Gasteiger partial charge is 0.159 e. The molecular formula is C21H26O2. The molecule has 0 N–H and O–H groups in total. The summed E-state index contributed by atoms with van der Waals surface area (Å²) in [5.74, 6) is 0.637. The fraction of sp³-hybridized carbons (Fsp3) is 0.476. The van der Waals surface area contributed by atoms with E-state index >= 15 is 0 Å². The van der Waals surface area contributed by atoms with Crippen molar-refractivity contribution in [2.45, 2.75) is 45.1 Å². The van der Waals surface area contributed by atoms with E-state index in [9.17, 15) is 4.79 Å². The number of aryl methyl sites for hydroxylation is 1. The molecule has 2 heteroatoms. The summed E-state index contributed by atoms with van der Waals surface area (Å²) in [6.07, 6.45) is 7.14. The number of allylic oxidation sites excluding steroid dienone is 2. The van der Waals surface area contributed by atoms with E-state index in [4.69, 9.17) is 4.74 Å². The highest BCUT2D eigenvalue weighted by atomic mass is 16.5. The number of ketones is 1. The number of ether oxygens (including phenoxy) is 1. The van der Waals surface area contributed by atoms with E-state index in [1.54, 1.807) is 0 Å². The van der Waals surface area contributed by atoms with Crippen LogP contribution in [0.15, 0.2) is 48.6 Å². The highest BCUT2D eigenvalue weighted by Gasteiger charge is 2.49. The molecule has 1 aliphatic heterocycles. The molecule has 1 fully saturated rings. The van der Waals surface area contributed by atoms with Gasteiger partial charge in [0, 0.05) is 5.92 Å². The number of benzene rings is 1. The Bertz CT molecular complexity index is 626. The fourth-order valence-electron chi connectivity index (χ4n) is 4.09. The molecule has 23 heavy (non-hydrogen) atoms. The molecule has 2 nitrogen and oxygen atoms in total. The molecule has 3 rings (SSSR count). The van der Waals surface area contributed by atoms with E-state index in [1.165, 1.54) is 16.7 Å². The van der Waals surface area contributed by atoms with Gasteiger partial charge in [-0.05, 0) is 55.7 Å². The summed E-state index contributed by atoms with van der Waals surface area (Å²) in [5, 5.41) is 0.